The number of ether oxygens (including phenoxy) is 1. The van der Waals surface area contributed by atoms with Crippen molar-refractivity contribution >= 4 is 5.71 Å². The Hall–Kier alpha value is -1.51. The molecule has 12 heavy (non-hydrogen) atoms. The third kappa shape index (κ3) is 1.56. The third-order valence-electron chi connectivity index (χ3n) is 1.55. The van der Waals surface area contributed by atoms with Crippen LogP contribution in [-0.4, -0.2) is 19.9 Å². The summed E-state index contributed by atoms with van der Waals surface area (Å²) in [6.07, 6.45) is 7.07. The number of hydrogen-bond acceptors (Lipinski definition) is 3. The van der Waals surface area contributed by atoms with Gasteiger partial charge in [0, 0.05) is 12.6 Å². The molecule has 64 valence electrons. The molecule has 0 heterocycles. The monoisotopic (exact) mass is 164 g/mol. The van der Waals surface area contributed by atoms with Gasteiger partial charge in [-0.15, -0.1) is 0 Å². The maximum atomic E-state index is 11.1. The Morgan fingerprint density at radius 3 is 2.67 bits per heavy atom. The standard InChI is InChI=1S/C9H11NO2/c1-10-8-6-4-3-5-7(8)9(11)12-2/h3-6,11H,1-2H3/p-1. The lowest BCUT2D eigenvalue weighted by Crippen LogP contribution is -2.14. The van der Waals surface area contributed by atoms with Crippen LogP contribution in [0.1, 0.15) is 0 Å². The van der Waals surface area contributed by atoms with E-state index in [1.807, 2.05) is 6.08 Å². The Balaban J connectivity index is 3.06. The van der Waals surface area contributed by atoms with Crippen molar-refractivity contribution in [1.82, 2.24) is 0 Å². The fraction of sp³-hybridized carbons (Fsp3) is 0.222. The molecule has 0 atom stereocenters. The molecule has 1 aliphatic rings. The van der Waals surface area contributed by atoms with Crippen LogP contribution >= 0.6 is 0 Å². The number of nitrogens with zero attached hydrogens (tertiary/aromatic N) is 1. The predicted molar refractivity (Wildman–Crippen MR) is 45.7 cm³/mol. The highest BCUT2D eigenvalue weighted by Gasteiger charge is 2.03. The summed E-state index contributed by atoms with van der Waals surface area (Å²) in [7, 11) is 3.00. The Morgan fingerprint density at radius 1 is 1.42 bits per heavy atom. The van der Waals surface area contributed by atoms with Crippen LogP contribution < -0.4 is 5.11 Å². The highest BCUT2D eigenvalue weighted by Crippen LogP contribution is 2.10. The van der Waals surface area contributed by atoms with Crippen LogP contribution in [0.2, 0.25) is 0 Å². The lowest BCUT2D eigenvalue weighted by molar-refractivity contribution is -0.354. The van der Waals surface area contributed by atoms with Gasteiger partial charge in [0.25, 0.3) is 0 Å². The minimum Gasteiger partial charge on any atom is -0.616 e. The summed E-state index contributed by atoms with van der Waals surface area (Å²) in [6, 6.07) is 0. The van der Waals surface area contributed by atoms with E-state index in [4.69, 9.17) is 0 Å². The van der Waals surface area contributed by atoms with Crippen LogP contribution in [0.15, 0.2) is 40.8 Å². The smallest absolute Gasteiger partial charge is 0.0660 e. The number of hydrogen-bond donors (Lipinski definition) is 0. The van der Waals surface area contributed by atoms with E-state index in [0.717, 1.165) is 0 Å². The molecule has 0 bridgehead atoms. The van der Waals surface area contributed by atoms with Crippen LogP contribution in [0.4, 0.5) is 0 Å². The second-order valence-electron chi connectivity index (χ2n) is 2.23. The van der Waals surface area contributed by atoms with Gasteiger partial charge >= 0.3 is 0 Å². The zero-order valence-corrected chi connectivity index (χ0v) is 7.07. The Kier molecular flexibility index (Phi) is 2.69. The maximum Gasteiger partial charge on any atom is 0.0660 e. The molecule has 0 aromatic rings. The molecule has 0 saturated carbocycles. The number of rotatable bonds is 1. The van der Waals surface area contributed by atoms with Gasteiger partial charge < -0.3 is 9.84 Å². The summed E-state index contributed by atoms with van der Waals surface area (Å²) in [6.45, 7) is 0. The molecule has 0 N–H and O–H groups in total. The number of allylic oxidation sites excluding steroid dienone is 5. The summed E-state index contributed by atoms with van der Waals surface area (Å²) >= 11 is 0. The van der Waals surface area contributed by atoms with Gasteiger partial charge in [0.2, 0.25) is 0 Å². The number of methoxy groups -OCH3 is 1. The van der Waals surface area contributed by atoms with Crippen molar-refractivity contribution in [3.05, 3.63) is 35.8 Å². The van der Waals surface area contributed by atoms with Gasteiger partial charge in [-0.3, -0.25) is 4.99 Å². The Labute approximate surface area is 71.4 Å². The Morgan fingerprint density at radius 2 is 2.08 bits per heavy atom. The second kappa shape index (κ2) is 3.76. The second-order valence-corrected chi connectivity index (χ2v) is 2.23. The zero-order valence-electron chi connectivity index (χ0n) is 7.07. The summed E-state index contributed by atoms with van der Waals surface area (Å²) in [5.74, 6) is -0.351. The van der Waals surface area contributed by atoms with E-state index in [-0.39, 0.29) is 5.95 Å². The molecule has 0 unspecified atom stereocenters. The van der Waals surface area contributed by atoms with Gasteiger partial charge in [0.15, 0.2) is 0 Å². The molecule has 1 rings (SSSR count). The van der Waals surface area contributed by atoms with E-state index < -0.39 is 0 Å². The number of aliphatic imine (C=N–C) groups is 1. The van der Waals surface area contributed by atoms with Crippen molar-refractivity contribution in [3.63, 3.8) is 0 Å². The first-order valence-corrected chi connectivity index (χ1v) is 3.56. The van der Waals surface area contributed by atoms with Gasteiger partial charge in [0.05, 0.1) is 11.7 Å². The quantitative estimate of drug-likeness (QED) is 0.526. The van der Waals surface area contributed by atoms with Crippen molar-refractivity contribution in [3.8, 4) is 0 Å². The van der Waals surface area contributed by atoms with E-state index in [0.29, 0.717) is 11.3 Å². The first kappa shape index (κ1) is 8.59. The van der Waals surface area contributed by atoms with Crippen LogP contribution in [0, 0.1) is 0 Å². The minimum atomic E-state index is -0.351. The van der Waals surface area contributed by atoms with Crippen LogP contribution in [0.25, 0.3) is 0 Å². The highest BCUT2D eigenvalue weighted by atomic mass is 16.6. The fourth-order valence-corrected chi connectivity index (χ4v) is 0.951. The first-order chi connectivity index (χ1) is 5.79. The fourth-order valence-electron chi connectivity index (χ4n) is 0.951. The molecule has 0 amide bonds. The van der Waals surface area contributed by atoms with Gasteiger partial charge in [-0.05, 0) is 13.2 Å². The normalized spacial score (nSPS) is 23.0. The molecule has 3 heteroatoms. The van der Waals surface area contributed by atoms with E-state index in [9.17, 15) is 5.11 Å². The SMILES string of the molecule is CN=C1C=CC=CC1=C([O-])OC. The van der Waals surface area contributed by atoms with E-state index in [2.05, 4.69) is 9.73 Å². The molecule has 0 aromatic heterocycles. The van der Waals surface area contributed by atoms with E-state index in [1.54, 1.807) is 25.3 Å². The average Bonchev–Trinajstić information content (AvgIpc) is 2.16. The molecule has 0 aromatic carbocycles. The van der Waals surface area contributed by atoms with E-state index in [1.165, 1.54) is 7.11 Å². The van der Waals surface area contributed by atoms with Gasteiger partial charge in [-0.1, -0.05) is 18.2 Å². The van der Waals surface area contributed by atoms with Gasteiger partial charge in [0.1, 0.15) is 0 Å². The zero-order chi connectivity index (χ0) is 8.97. The summed E-state index contributed by atoms with van der Waals surface area (Å²) in [4.78, 5) is 3.94. The topological polar surface area (TPSA) is 44.7 Å². The molecular weight excluding hydrogens is 154 g/mol. The van der Waals surface area contributed by atoms with Crippen LogP contribution in [0.3, 0.4) is 0 Å². The molecule has 0 saturated heterocycles. The van der Waals surface area contributed by atoms with Crippen molar-refractivity contribution in [1.29, 1.82) is 0 Å². The lowest BCUT2D eigenvalue weighted by Gasteiger charge is -2.15. The first-order valence-electron chi connectivity index (χ1n) is 3.56. The molecular formula is C9H10NO2-. The summed E-state index contributed by atoms with van der Waals surface area (Å²) < 4.78 is 4.58. The lowest BCUT2D eigenvalue weighted by atomic mass is 10.1. The summed E-state index contributed by atoms with van der Waals surface area (Å²) in [5, 5.41) is 11.1. The minimum absolute atomic E-state index is 0.351. The molecule has 1 aliphatic carbocycles. The van der Waals surface area contributed by atoms with Crippen molar-refractivity contribution in [2.75, 3.05) is 14.2 Å². The van der Waals surface area contributed by atoms with Gasteiger partial charge in [-0.2, -0.15) is 0 Å². The highest BCUT2D eigenvalue weighted by molar-refractivity contribution is 6.11. The van der Waals surface area contributed by atoms with E-state index >= 15 is 0 Å². The Bertz CT molecular complexity index is 285. The third-order valence-corrected chi connectivity index (χ3v) is 1.55. The van der Waals surface area contributed by atoms with Crippen molar-refractivity contribution < 1.29 is 9.84 Å². The van der Waals surface area contributed by atoms with Crippen LogP contribution in [0.5, 0.6) is 0 Å². The predicted octanol–water partition coefficient (Wildman–Crippen LogP) is 0.401. The van der Waals surface area contributed by atoms with Crippen LogP contribution in [-0.2, 0) is 4.74 Å². The van der Waals surface area contributed by atoms with Crippen molar-refractivity contribution in [2.45, 2.75) is 0 Å². The average molecular weight is 164 g/mol. The maximum absolute atomic E-state index is 11.1. The summed E-state index contributed by atoms with van der Waals surface area (Å²) in [5.41, 5.74) is 1.16. The largest absolute Gasteiger partial charge is 0.616 e. The molecule has 3 nitrogen and oxygen atoms in total. The van der Waals surface area contributed by atoms with Crippen molar-refractivity contribution in [2.24, 2.45) is 4.99 Å². The van der Waals surface area contributed by atoms with Gasteiger partial charge in [-0.25, -0.2) is 0 Å². The molecule has 0 fully saturated rings. The molecule has 0 spiro atoms. The molecule has 0 aliphatic heterocycles. The molecule has 0 radical (unpaired) electrons.